The van der Waals surface area contributed by atoms with Crippen molar-refractivity contribution in [2.75, 3.05) is 0 Å². The number of nitrogens with one attached hydrogen (secondary N) is 2. The molecule has 0 heterocycles. The van der Waals surface area contributed by atoms with Crippen molar-refractivity contribution in [2.24, 2.45) is 0 Å². The summed E-state index contributed by atoms with van der Waals surface area (Å²) in [6, 6.07) is 7.68. The van der Waals surface area contributed by atoms with Crippen molar-refractivity contribution < 1.29 is 4.79 Å². The van der Waals surface area contributed by atoms with Gasteiger partial charge in [0.25, 0.3) is 0 Å². The summed E-state index contributed by atoms with van der Waals surface area (Å²) in [4.78, 5) is 11.5. The van der Waals surface area contributed by atoms with E-state index in [1.54, 1.807) is 0 Å². The van der Waals surface area contributed by atoms with Crippen LogP contribution in [0.2, 0.25) is 0 Å². The van der Waals surface area contributed by atoms with Gasteiger partial charge in [-0.2, -0.15) is 0 Å². The SMILES string of the molecule is CC(C)(C)NC(=O)NCc1ccccc1Br. The maximum Gasteiger partial charge on any atom is 0.315 e. The van der Waals surface area contributed by atoms with Gasteiger partial charge in [-0.3, -0.25) is 0 Å². The van der Waals surface area contributed by atoms with Gasteiger partial charge in [0.05, 0.1) is 0 Å². The van der Waals surface area contributed by atoms with E-state index in [9.17, 15) is 4.79 Å². The van der Waals surface area contributed by atoms with Crippen LogP contribution >= 0.6 is 15.9 Å². The second-order valence-electron chi connectivity index (χ2n) is 4.65. The molecule has 0 atom stereocenters. The van der Waals surface area contributed by atoms with Gasteiger partial charge in [-0.05, 0) is 32.4 Å². The number of hydrogen-bond donors (Lipinski definition) is 2. The first-order valence-electron chi connectivity index (χ1n) is 5.18. The van der Waals surface area contributed by atoms with Crippen LogP contribution in [0.3, 0.4) is 0 Å². The Morgan fingerprint density at radius 2 is 1.94 bits per heavy atom. The Morgan fingerprint density at radius 1 is 1.31 bits per heavy atom. The summed E-state index contributed by atoms with van der Waals surface area (Å²) >= 11 is 3.44. The monoisotopic (exact) mass is 284 g/mol. The third-order valence-corrected chi connectivity index (χ3v) is 2.66. The quantitative estimate of drug-likeness (QED) is 0.861. The van der Waals surface area contributed by atoms with Crippen LogP contribution in [0.1, 0.15) is 26.3 Å². The molecule has 0 unspecified atom stereocenters. The number of carbonyl (C=O) groups is 1. The standard InChI is InChI=1S/C12H17BrN2O/c1-12(2,3)15-11(16)14-8-9-6-4-5-7-10(9)13/h4-7H,8H2,1-3H3,(H2,14,15,16). The summed E-state index contributed by atoms with van der Waals surface area (Å²) in [7, 11) is 0. The lowest BCUT2D eigenvalue weighted by atomic mass is 10.1. The molecule has 16 heavy (non-hydrogen) atoms. The predicted molar refractivity (Wildman–Crippen MR) is 69.3 cm³/mol. The Labute approximate surface area is 105 Å². The molecule has 2 N–H and O–H groups in total. The van der Waals surface area contributed by atoms with Crippen molar-refractivity contribution >= 4 is 22.0 Å². The van der Waals surface area contributed by atoms with Gasteiger partial charge >= 0.3 is 6.03 Å². The van der Waals surface area contributed by atoms with Crippen LogP contribution in [0.25, 0.3) is 0 Å². The number of urea groups is 1. The Hall–Kier alpha value is -1.03. The number of carbonyl (C=O) groups excluding carboxylic acids is 1. The highest BCUT2D eigenvalue weighted by atomic mass is 79.9. The Kier molecular flexibility index (Phi) is 4.35. The van der Waals surface area contributed by atoms with E-state index in [2.05, 4.69) is 26.6 Å². The summed E-state index contributed by atoms with van der Waals surface area (Å²) in [6.07, 6.45) is 0. The first-order chi connectivity index (χ1) is 7.38. The van der Waals surface area contributed by atoms with Crippen molar-refractivity contribution in [2.45, 2.75) is 32.9 Å². The van der Waals surface area contributed by atoms with E-state index in [0.717, 1.165) is 10.0 Å². The molecule has 0 aliphatic rings. The fraction of sp³-hybridized carbons (Fsp3) is 0.417. The van der Waals surface area contributed by atoms with Gasteiger partial charge in [-0.15, -0.1) is 0 Å². The molecule has 0 radical (unpaired) electrons. The fourth-order valence-corrected chi connectivity index (χ4v) is 1.63. The third-order valence-electron chi connectivity index (χ3n) is 1.89. The number of hydrogen-bond acceptors (Lipinski definition) is 1. The van der Waals surface area contributed by atoms with Gasteiger partial charge in [-0.25, -0.2) is 4.79 Å². The molecule has 0 aliphatic heterocycles. The van der Waals surface area contributed by atoms with Crippen molar-refractivity contribution in [3.05, 3.63) is 34.3 Å². The van der Waals surface area contributed by atoms with Gasteiger partial charge in [0, 0.05) is 16.6 Å². The molecule has 3 nitrogen and oxygen atoms in total. The average Bonchev–Trinajstić information content (AvgIpc) is 2.14. The summed E-state index contributed by atoms with van der Waals surface area (Å²) in [5.74, 6) is 0. The molecule has 2 amide bonds. The first-order valence-corrected chi connectivity index (χ1v) is 5.97. The molecule has 1 rings (SSSR count). The van der Waals surface area contributed by atoms with Crippen molar-refractivity contribution in [1.29, 1.82) is 0 Å². The summed E-state index contributed by atoms with van der Waals surface area (Å²) < 4.78 is 1.01. The minimum Gasteiger partial charge on any atom is -0.334 e. The van der Waals surface area contributed by atoms with E-state index in [0.29, 0.717) is 6.54 Å². The fourth-order valence-electron chi connectivity index (χ4n) is 1.20. The maximum absolute atomic E-state index is 11.5. The number of halogens is 1. The minimum atomic E-state index is -0.210. The summed E-state index contributed by atoms with van der Waals surface area (Å²) in [5.41, 5.74) is 0.851. The largest absolute Gasteiger partial charge is 0.334 e. The molecule has 4 heteroatoms. The zero-order valence-corrected chi connectivity index (χ0v) is 11.4. The van der Waals surface area contributed by atoms with Gasteiger partial charge in [0.15, 0.2) is 0 Å². The topological polar surface area (TPSA) is 41.1 Å². The maximum atomic E-state index is 11.5. The molecule has 0 spiro atoms. The smallest absolute Gasteiger partial charge is 0.315 e. The highest BCUT2D eigenvalue weighted by Gasteiger charge is 2.13. The van der Waals surface area contributed by atoms with Crippen LogP contribution in [-0.4, -0.2) is 11.6 Å². The molecule has 0 aliphatic carbocycles. The van der Waals surface area contributed by atoms with E-state index in [1.807, 2.05) is 45.0 Å². The molecular formula is C12H17BrN2O. The van der Waals surface area contributed by atoms with Crippen LogP contribution in [0.15, 0.2) is 28.7 Å². The van der Waals surface area contributed by atoms with Crippen molar-refractivity contribution in [3.8, 4) is 0 Å². The number of amides is 2. The molecule has 1 aromatic rings. The third kappa shape index (κ3) is 4.66. The van der Waals surface area contributed by atoms with E-state index >= 15 is 0 Å². The van der Waals surface area contributed by atoms with Crippen molar-refractivity contribution in [1.82, 2.24) is 10.6 Å². The van der Waals surface area contributed by atoms with Gasteiger partial charge in [0.2, 0.25) is 0 Å². The zero-order valence-electron chi connectivity index (χ0n) is 9.80. The van der Waals surface area contributed by atoms with Crippen LogP contribution in [-0.2, 0) is 6.54 Å². The zero-order chi connectivity index (χ0) is 12.2. The Bertz CT molecular complexity index is 372. The average molecular weight is 285 g/mol. The molecule has 88 valence electrons. The first kappa shape index (κ1) is 13.0. The predicted octanol–water partition coefficient (Wildman–Crippen LogP) is 3.05. The molecule has 0 saturated heterocycles. The molecule has 0 saturated carbocycles. The highest BCUT2D eigenvalue weighted by Crippen LogP contribution is 2.15. The second kappa shape index (κ2) is 5.34. The van der Waals surface area contributed by atoms with Crippen LogP contribution in [0.5, 0.6) is 0 Å². The van der Waals surface area contributed by atoms with Crippen LogP contribution in [0, 0.1) is 0 Å². The minimum absolute atomic E-state index is 0.150. The van der Waals surface area contributed by atoms with E-state index in [-0.39, 0.29) is 11.6 Å². The lowest BCUT2D eigenvalue weighted by Crippen LogP contribution is -2.46. The molecule has 1 aromatic carbocycles. The Morgan fingerprint density at radius 3 is 2.50 bits per heavy atom. The van der Waals surface area contributed by atoms with Crippen molar-refractivity contribution in [3.63, 3.8) is 0 Å². The van der Waals surface area contributed by atoms with E-state index < -0.39 is 0 Å². The van der Waals surface area contributed by atoms with Crippen LogP contribution in [0.4, 0.5) is 4.79 Å². The molecular weight excluding hydrogens is 268 g/mol. The Balaban J connectivity index is 2.47. The number of rotatable bonds is 2. The van der Waals surface area contributed by atoms with E-state index in [4.69, 9.17) is 0 Å². The lowest BCUT2D eigenvalue weighted by molar-refractivity contribution is 0.231. The van der Waals surface area contributed by atoms with Crippen LogP contribution < -0.4 is 10.6 Å². The number of benzene rings is 1. The second-order valence-corrected chi connectivity index (χ2v) is 5.50. The highest BCUT2D eigenvalue weighted by molar-refractivity contribution is 9.10. The normalized spacial score (nSPS) is 11.0. The van der Waals surface area contributed by atoms with Gasteiger partial charge in [-0.1, -0.05) is 34.1 Å². The van der Waals surface area contributed by atoms with Gasteiger partial charge in [0.1, 0.15) is 0 Å². The summed E-state index contributed by atoms with van der Waals surface area (Å²) in [5, 5.41) is 5.66. The van der Waals surface area contributed by atoms with Gasteiger partial charge < -0.3 is 10.6 Å². The summed E-state index contributed by atoms with van der Waals surface area (Å²) in [6.45, 7) is 6.37. The molecule has 0 aromatic heterocycles. The molecule has 0 bridgehead atoms. The lowest BCUT2D eigenvalue weighted by Gasteiger charge is -2.20. The molecule has 0 fully saturated rings. The van der Waals surface area contributed by atoms with E-state index in [1.165, 1.54) is 0 Å².